The highest BCUT2D eigenvalue weighted by Gasteiger charge is 2.30. The minimum Gasteiger partial charge on any atom is -0.491 e. The van der Waals surface area contributed by atoms with E-state index < -0.39 is 6.10 Å². The Morgan fingerprint density at radius 1 is 1.12 bits per heavy atom. The van der Waals surface area contributed by atoms with Crippen LogP contribution in [0.15, 0.2) is 42.5 Å². The number of halogens is 1. The van der Waals surface area contributed by atoms with Crippen LogP contribution in [0, 0.1) is 19.7 Å². The molecule has 1 saturated carbocycles. The number of hydrogen-bond acceptors (Lipinski definition) is 3. The summed E-state index contributed by atoms with van der Waals surface area (Å²) >= 11 is 0. The first-order valence-corrected chi connectivity index (χ1v) is 8.87. The molecule has 0 aliphatic heterocycles. The van der Waals surface area contributed by atoms with E-state index >= 15 is 0 Å². The number of aryl methyl sites for hydroxylation is 2. The monoisotopic (exact) mass is 343 g/mol. The first-order chi connectivity index (χ1) is 12.0. The molecule has 1 fully saturated rings. The average molecular weight is 343 g/mol. The van der Waals surface area contributed by atoms with Crippen LogP contribution in [-0.2, 0) is 6.54 Å². The number of ether oxygens (including phenoxy) is 1. The lowest BCUT2D eigenvalue weighted by Gasteiger charge is -2.25. The van der Waals surface area contributed by atoms with Gasteiger partial charge in [-0.05, 0) is 67.6 Å². The van der Waals surface area contributed by atoms with Crippen molar-refractivity contribution in [3.05, 3.63) is 65.0 Å². The molecule has 0 amide bonds. The van der Waals surface area contributed by atoms with E-state index in [1.807, 2.05) is 38.1 Å². The number of benzene rings is 2. The maximum Gasteiger partial charge on any atom is 0.123 e. The minimum atomic E-state index is -0.554. The van der Waals surface area contributed by atoms with Gasteiger partial charge in [0.05, 0.1) is 0 Å². The Kier molecular flexibility index (Phi) is 5.71. The van der Waals surface area contributed by atoms with Crippen molar-refractivity contribution in [2.75, 3.05) is 13.2 Å². The molecular formula is C21H26FNO2. The van der Waals surface area contributed by atoms with Gasteiger partial charge in [-0.15, -0.1) is 0 Å². The molecule has 1 aliphatic carbocycles. The van der Waals surface area contributed by atoms with E-state index in [2.05, 4.69) is 11.0 Å². The Hall–Kier alpha value is -1.91. The minimum absolute atomic E-state index is 0.219. The van der Waals surface area contributed by atoms with Crippen molar-refractivity contribution >= 4 is 0 Å². The zero-order valence-corrected chi connectivity index (χ0v) is 14.9. The maximum absolute atomic E-state index is 13.1. The molecule has 25 heavy (non-hydrogen) atoms. The van der Waals surface area contributed by atoms with Crippen molar-refractivity contribution < 1.29 is 14.2 Å². The van der Waals surface area contributed by atoms with Gasteiger partial charge in [-0.25, -0.2) is 4.39 Å². The third-order valence-corrected chi connectivity index (χ3v) is 4.45. The molecule has 1 N–H and O–H groups in total. The molecule has 0 radical (unpaired) electrons. The molecule has 2 aromatic rings. The topological polar surface area (TPSA) is 32.7 Å². The maximum atomic E-state index is 13.1. The number of aliphatic hydroxyl groups is 1. The van der Waals surface area contributed by atoms with Gasteiger partial charge in [-0.2, -0.15) is 0 Å². The van der Waals surface area contributed by atoms with Crippen molar-refractivity contribution in [2.24, 2.45) is 0 Å². The fourth-order valence-electron chi connectivity index (χ4n) is 3.14. The molecular weight excluding hydrogens is 317 g/mol. The smallest absolute Gasteiger partial charge is 0.123 e. The quantitative estimate of drug-likeness (QED) is 0.790. The molecule has 1 unspecified atom stereocenters. The van der Waals surface area contributed by atoms with E-state index in [4.69, 9.17) is 4.74 Å². The van der Waals surface area contributed by atoms with Gasteiger partial charge in [-0.1, -0.05) is 18.2 Å². The van der Waals surface area contributed by atoms with E-state index in [1.54, 1.807) is 0 Å². The molecule has 1 atom stereocenters. The number of rotatable bonds is 8. The summed E-state index contributed by atoms with van der Waals surface area (Å²) in [7, 11) is 0. The highest BCUT2D eigenvalue weighted by molar-refractivity contribution is 5.33. The van der Waals surface area contributed by atoms with Gasteiger partial charge in [-0.3, -0.25) is 4.90 Å². The fraction of sp³-hybridized carbons (Fsp3) is 0.429. The highest BCUT2D eigenvalue weighted by atomic mass is 19.1. The standard InChI is InChI=1S/C21H26FNO2/c1-15-9-16(2)11-21(10-15)25-14-20(24)13-23(19-7-8-19)12-17-3-5-18(22)6-4-17/h3-6,9-11,19-20,24H,7-8,12-14H2,1-2H3. The molecule has 4 heteroatoms. The van der Waals surface area contributed by atoms with Crippen LogP contribution in [0.1, 0.15) is 29.5 Å². The predicted molar refractivity (Wildman–Crippen MR) is 97.2 cm³/mol. The molecule has 0 saturated heterocycles. The third kappa shape index (κ3) is 5.55. The van der Waals surface area contributed by atoms with Crippen LogP contribution >= 0.6 is 0 Å². The van der Waals surface area contributed by atoms with Gasteiger partial charge < -0.3 is 9.84 Å². The number of aliphatic hydroxyl groups excluding tert-OH is 1. The Morgan fingerprint density at radius 2 is 1.76 bits per heavy atom. The zero-order chi connectivity index (χ0) is 17.8. The summed E-state index contributed by atoms with van der Waals surface area (Å²) in [5.41, 5.74) is 3.37. The van der Waals surface area contributed by atoms with Crippen LogP contribution in [0.2, 0.25) is 0 Å². The first-order valence-electron chi connectivity index (χ1n) is 8.87. The van der Waals surface area contributed by atoms with Crippen LogP contribution in [-0.4, -0.2) is 35.3 Å². The molecule has 3 nitrogen and oxygen atoms in total. The van der Waals surface area contributed by atoms with Crippen molar-refractivity contribution in [2.45, 2.75) is 45.4 Å². The van der Waals surface area contributed by atoms with Gasteiger partial charge in [0.1, 0.15) is 24.3 Å². The predicted octanol–water partition coefficient (Wildman–Crippen LogP) is 3.85. The van der Waals surface area contributed by atoms with Gasteiger partial charge in [0.2, 0.25) is 0 Å². The van der Waals surface area contributed by atoms with Crippen molar-refractivity contribution in [3.63, 3.8) is 0 Å². The van der Waals surface area contributed by atoms with Crippen LogP contribution < -0.4 is 4.74 Å². The number of nitrogens with zero attached hydrogens (tertiary/aromatic N) is 1. The average Bonchev–Trinajstić information content (AvgIpc) is 3.38. The van der Waals surface area contributed by atoms with E-state index in [-0.39, 0.29) is 12.4 Å². The van der Waals surface area contributed by atoms with Crippen molar-refractivity contribution in [1.29, 1.82) is 0 Å². The summed E-state index contributed by atoms with van der Waals surface area (Å²) < 4.78 is 18.8. The van der Waals surface area contributed by atoms with Gasteiger partial charge in [0, 0.05) is 19.1 Å². The summed E-state index contributed by atoms with van der Waals surface area (Å²) in [6.07, 6.45) is 1.76. The van der Waals surface area contributed by atoms with E-state index in [0.29, 0.717) is 12.6 Å². The molecule has 134 valence electrons. The SMILES string of the molecule is Cc1cc(C)cc(OCC(O)CN(Cc2ccc(F)cc2)C2CC2)c1. The summed E-state index contributed by atoms with van der Waals surface area (Å²) in [5, 5.41) is 10.4. The van der Waals surface area contributed by atoms with Crippen LogP contribution in [0.25, 0.3) is 0 Å². The Labute approximate surface area is 149 Å². The molecule has 0 aromatic heterocycles. The van der Waals surface area contributed by atoms with Gasteiger partial charge >= 0.3 is 0 Å². The molecule has 2 aromatic carbocycles. The summed E-state index contributed by atoms with van der Waals surface area (Å²) in [4.78, 5) is 2.27. The second kappa shape index (κ2) is 7.98. The van der Waals surface area contributed by atoms with Crippen LogP contribution in [0.5, 0.6) is 5.75 Å². The summed E-state index contributed by atoms with van der Waals surface area (Å²) in [5.74, 6) is 0.580. The lowest BCUT2D eigenvalue weighted by atomic mass is 10.1. The zero-order valence-electron chi connectivity index (χ0n) is 14.9. The van der Waals surface area contributed by atoms with E-state index in [0.717, 1.165) is 41.8 Å². The second-order valence-electron chi connectivity index (χ2n) is 7.08. The molecule has 0 spiro atoms. The largest absolute Gasteiger partial charge is 0.491 e. The lowest BCUT2D eigenvalue weighted by molar-refractivity contribution is 0.0626. The fourth-order valence-corrected chi connectivity index (χ4v) is 3.14. The summed E-state index contributed by atoms with van der Waals surface area (Å²) in [6, 6.07) is 13.2. The molecule has 1 aliphatic rings. The Morgan fingerprint density at radius 3 is 2.36 bits per heavy atom. The summed E-state index contributed by atoms with van der Waals surface area (Å²) in [6.45, 7) is 5.63. The second-order valence-corrected chi connectivity index (χ2v) is 7.08. The van der Waals surface area contributed by atoms with Crippen molar-refractivity contribution in [3.8, 4) is 5.75 Å². The molecule has 0 bridgehead atoms. The normalized spacial score (nSPS) is 15.4. The van der Waals surface area contributed by atoms with Gasteiger partial charge in [0.25, 0.3) is 0 Å². The molecule has 3 rings (SSSR count). The third-order valence-electron chi connectivity index (χ3n) is 4.45. The lowest BCUT2D eigenvalue weighted by Crippen LogP contribution is -2.36. The highest BCUT2D eigenvalue weighted by Crippen LogP contribution is 2.28. The Bertz CT molecular complexity index is 677. The first kappa shape index (κ1) is 17.9. The van der Waals surface area contributed by atoms with E-state index in [9.17, 15) is 9.50 Å². The van der Waals surface area contributed by atoms with Crippen LogP contribution in [0.4, 0.5) is 4.39 Å². The van der Waals surface area contributed by atoms with Crippen molar-refractivity contribution in [1.82, 2.24) is 4.90 Å². The number of hydrogen-bond donors (Lipinski definition) is 1. The van der Waals surface area contributed by atoms with Gasteiger partial charge in [0.15, 0.2) is 0 Å². The van der Waals surface area contributed by atoms with E-state index in [1.165, 1.54) is 12.1 Å². The Balaban J connectivity index is 1.53. The van der Waals surface area contributed by atoms with Crippen LogP contribution in [0.3, 0.4) is 0 Å². The molecule has 0 heterocycles.